The number of alkyl halides is 1. The predicted octanol–water partition coefficient (Wildman–Crippen LogP) is 2.29. The van der Waals surface area contributed by atoms with Gasteiger partial charge in [-0.25, -0.2) is 0 Å². The van der Waals surface area contributed by atoms with Crippen LogP contribution in [-0.2, 0) is 10.3 Å². The van der Waals surface area contributed by atoms with Crippen LogP contribution in [0.5, 0.6) is 11.5 Å². The molecule has 0 aliphatic rings. The average Bonchev–Trinajstić information content (AvgIpc) is 2.37. The number of amides is 1. The number of halogens is 1. The summed E-state index contributed by atoms with van der Waals surface area (Å²) in [4.78, 5) is 11.4. The fourth-order valence-electron chi connectivity index (χ4n) is 1.68. The van der Waals surface area contributed by atoms with Gasteiger partial charge in [0.15, 0.2) is 11.5 Å². The lowest BCUT2D eigenvalue weighted by atomic mass is 9.94. The van der Waals surface area contributed by atoms with Gasteiger partial charge in [0.05, 0.1) is 19.8 Å². The summed E-state index contributed by atoms with van der Waals surface area (Å²) < 4.78 is 10.4. The summed E-state index contributed by atoms with van der Waals surface area (Å²) >= 11 is 5.50. The van der Waals surface area contributed by atoms with Crippen molar-refractivity contribution in [2.24, 2.45) is 0 Å². The van der Waals surface area contributed by atoms with E-state index in [1.165, 1.54) is 0 Å². The van der Waals surface area contributed by atoms with Gasteiger partial charge < -0.3 is 14.8 Å². The van der Waals surface area contributed by atoms with Crippen molar-refractivity contribution >= 4 is 17.5 Å². The molecule has 1 amide bonds. The van der Waals surface area contributed by atoms with Crippen molar-refractivity contribution in [2.45, 2.75) is 19.4 Å². The summed E-state index contributed by atoms with van der Waals surface area (Å²) in [6, 6.07) is 5.53. The standard InChI is InChI=1S/C13H18ClNO3/c1-13(2,15-12(16)8-14)9-5-6-10(17-3)11(7-9)18-4/h5-7H,8H2,1-4H3,(H,15,16). The third kappa shape index (κ3) is 3.29. The number of rotatable bonds is 5. The third-order valence-corrected chi connectivity index (χ3v) is 2.92. The van der Waals surface area contributed by atoms with Gasteiger partial charge in [0, 0.05) is 0 Å². The molecule has 0 bridgehead atoms. The average molecular weight is 272 g/mol. The highest BCUT2D eigenvalue weighted by molar-refractivity contribution is 6.27. The van der Waals surface area contributed by atoms with E-state index in [1.54, 1.807) is 14.2 Å². The number of ether oxygens (including phenoxy) is 2. The van der Waals surface area contributed by atoms with Crippen LogP contribution in [0.2, 0.25) is 0 Å². The Morgan fingerprint density at radius 3 is 2.39 bits per heavy atom. The van der Waals surface area contributed by atoms with E-state index in [0.717, 1.165) is 5.56 Å². The highest BCUT2D eigenvalue weighted by atomic mass is 35.5. The normalized spacial score (nSPS) is 10.9. The summed E-state index contributed by atoms with van der Waals surface area (Å²) in [7, 11) is 3.16. The Kier molecular flexibility index (Phi) is 4.84. The van der Waals surface area contributed by atoms with Crippen LogP contribution in [0.4, 0.5) is 0 Å². The Hall–Kier alpha value is -1.42. The quantitative estimate of drug-likeness (QED) is 0.836. The zero-order valence-corrected chi connectivity index (χ0v) is 11.8. The van der Waals surface area contributed by atoms with Crippen LogP contribution in [0.3, 0.4) is 0 Å². The molecule has 0 fully saturated rings. The first-order chi connectivity index (χ1) is 8.44. The third-order valence-electron chi connectivity index (χ3n) is 2.68. The molecule has 0 radical (unpaired) electrons. The molecule has 100 valence electrons. The van der Waals surface area contributed by atoms with Crippen molar-refractivity contribution in [2.75, 3.05) is 20.1 Å². The highest BCUT2D eigenvalue weighted by Crippen LogP contribution is 2.31. The molecule has 0 saturated heterocycles. The summed E-state index contributed by atoms with van der Waals surface area (Å²) in [6.07, 6.45) is 0. The van der Waals surface area contributed by atoms with Gasteiger partial charge in [-0.1, -0.05) is 6.07 Å². The fourth-order valence-corrected chi connectivity index (χ4v) is 1.75. The molecule has 1 aromatic rings. The van der Waals surface area contributed by atoms with Crippen LogP contribution >= 0.6 is 11.6 Å². The second kappa shape index (κ2) is 5.96. The number of nitrogens with one attached hydrogen (secondary N) is 1. The second-order valence-corrected chi connectivity index (χ2v) is 4.64. The summed E-state index contributed by atoms with van der Waals surface area (Å²) in [5, 5.41) is 2.84. The van der Waals surface area contributed by atoms with Crippen LogP contribution in [0, 0.1) is 0 Å². The molecule has 0 saturated carbocycles. The Balaban J connectivity index is 3.05. The first-order valence-corrected chi connectivity index (χ1v) is 6.07. The van der Waals surface area contributed by atoms with E-state index < -0.39 is 5.54 Å². The summed E-state index contributed by atoms with van der Waals surface area (Å²) in [5.74, 6) is 1.01. The molecule has 1 N–H and O–H groups in total. The molecule has 1 aromatic carbocycles. The molecular formula is C13H18ClNO3. The molecule has 0 spiro atoms. The molecule has 0 unspecified atom stereocenters. The van der Waals surface area contributed by atoms with E-state index >= 15 is 0 Å². The van der Waals surface area contributed by atoms with Crippen molar-refractivity contribution in [3.63, 3.8) is 0 Å². The van der Waals surface area contributed by atoms with Gasteiger partial charge >= 0.3 is 0 Å². The lowest BCUT2D eigenvalue weighted by Crippen LogP contribution is -2.41. The van der Waals surface area contributed by atoms with E-state index in [0.29, 0.717) is 11.5 Å². The molecule has 18 heavy (non-hydrogen) atoms. The first-order valence-electron chi connectivity index (χ1n) is 5.54. The number of carbonyl (C=O) groups is 1. The lowest BCUT2D eigenvalue weighted by Gasteiger charge is -2.27. The van der Waals surface area contributed by atoms with Gasteiger partial charge in [0.25, 0.3) is 0 Å². The van der Waals surface area contributed by atoms with Gasteiger partial charge in [0.1, 0.15) is 5.88 Å². The van der Waals surface area contributed by atoms with Crippen LogP contribution in [-0.4, -0.2) is 26.0 Å². The largest absolute Gasteiger partial charge is 0.493 e. The van der Waals surface area contributed by atoms with Gasteiger partial charge in [0.2, 0.25) is 5.91 Å². The van der Waals surface area contributed by atoms with E-state index in [2.05, 4.69) is 5.32 Å². The van der Waals surface area contributed by atoms with Crippen molar-refractivity contribution in [3.8, 4) is 11.5 Å². The van der Waals surface area contributed by atoms with E-state index in [9.17, 15) is 4.79 Å². The van der Waals surface area contributed by atoms with E-state index in [4.69, 9.17) is 21.1 Å². The highest BCUT2D eigenvalue weighted by Gasteiger charge is 2.23. The maximum atomic E-state index is 11.4. The zero-order valence-electron chi connectivity index (χ0n) is 11.0. The second-order valence-electron chi connectivity index (χ2n) is 4.38. The summed E-state index contributed by atoms with van der Waals surface area (Å²) in [5.41, 5.74) is 0.393. The minimum Gasteiger partial charge on any atom is -0.493 e. The van der Waals surface area contributed by atoms with Crippen LogP contribution < -0.4 is 14.8 Å². The van der Waals surface area contributed by atoms with E-state index in [-0.39, 0.29) is 11.8 Å². The number of methoxy groups -OCH3 is 2. The predicted molar refractivity (Wildman–Crippen MR) is 71.4 cm³/mol. The van der Waals surface area contributed by atoms with Gasteiger partial charge in [-0.15, -0.1) is 11.6 Å². The molecule has 5 heteroatoms. The topological polar surface area (TPSA) is 47.6 Å². The van der Waals surface area contributed by atoms with Crippen molar-refractivity contribution < 1.29 is 14.3 Å². The van der Waals surface area contributed by atoms with Crippen LogP contribution in [0.1, 0.15) is 19.4 Å². The van der Waals surface area contributed by atoms with Gasteiger partial charge in [-0.3, -0.25) is 4.79 Å². The van der Waals surface area contributed by atoms with Gasteiger partial charge in [-0.2, -0.15) is 0 Å². The van der Waals surface area contributed by atoms with Crippen molar-refractivity contribution in [3.05, 3.63) is 23.8 Å². The zero-order chi connectivity index (χ0) is 13.8. The molecule has 0 aromatic heterocycles. The van der Waals surface area contributed by atoms with Crippen molar-refractivity contribution in [1.82, 2.24) is 5.32 Å². The molecule has 1 rings (SSSR count). The fraction of sp³-hybridized carbons (Fsp3) is 0.462. The van der Waals surface area contributed by atoms with E-state index in [1.807, 2.05) is 32.0 Å². The molecule has 0 aliphatic heterocycles. The number of hydrogen-bond donors (Lipinski definition) is 1. The molecule has 0 aliphatic carbocycles. The Bertz CT molecular complexity index is 432. The minimum atomic E-state index is -0.522. The summed E-state index contributed by atoms with van der Waals surface area (Å²) in [6.45, 7) is 3.80. The SMILES string of the molecule is COc1ccc(C(C)(C)NC(=O)CCl)cc1OC. The first kappa shape index (κ1) is 14.6. The number of carbonyl (C=O) groups excluding carboxylic acids is 1. The maximum absolute atomic E-state index is 11.4. The smallest absolute Gasteiger partial charge is 0.235 e. The monoisotopic (exact) mass is 271 g/mol. The Morgan fingerprint density at radius 1 is 1.28 bits per heavy atom. The Labute approximate surface area is 112 Å². The molecule has 4 nitrogen and oxygen atoms in total. The number of hydrogen-bond acceptors (Lipinski definition) is 3. The van der Waals surface area contributed by atoms with Crippen LogP contribution in [0.15, 0.2) is 18.2 Å². The maximum Gasteiger partial charge on any atom is 0.235 e. The van der Waals surface area contributed by atoms with Crippen LogP contribution in [0.25, 0.3) is 0 Å². The lowest BCUT2D eigenvalue weighted by molar-refractivity contribution is -0.120. The molecular weight excluding hydrogens is 254 g/mol. The van der Waals surface area contributed by atoms with Crippen molar-refractivity contribution in [1.29, 1.82) is 0 Å². The van der Waals surface area contributed by atoms with Gasteiger partial charge in [-0.05, 0) is 31.5 Å². The minimum absolute atomic E-state index is 0.0588. The Morgan fingerprint density at radius 2 is 1.89 bits per heavy atom. The number of benzene rings is 1. The molecule has 0 atom stereocenters. The molecule has 0 heterocycles.